The second kappa shape index (κ2) is 5.93. The lowest BCUT2D eigenvalue weighted by Gasteiger charge is -2.12. The van der Waals surface area contributed by atoms with Crippen molar-refractivity contribution in [3.63, 3.8) is 0 Å². The van der Waals surface area contributed by atoms with Crippen molar-refractivity contribution in [2.45, 2.75) is 25.7 Å². The molecule has 0 unspecified atom stereocenters. The Morgan fingerprint density at radius 2 is 1.64 bits per heavy atom. The maximum absolute atomic E-state index is 12.3. The maximum atomic E-state index is 12.3. The average molecular weight is 318 g/mol. The molecule has 2 aromatic carbocycles. The topological polar surface area (TPSA) is 60.4 Å². The van der Waals surface area contributed by atoms with Gasteiger partial charge in [-0.2, -0.15) is 0 Å². The third-order valence-electron chi connectivity index (χ3n) is 3.57. The fraction of sp³-hybridized carbons (Fsp3) is 0.235. The maximum Gasteiger partial charge on any atom is 0.343 e. The van der Waals surface area contributed by atoms with Crippen LogP contribution >= 0.6 is 0 Å². The van der Waals surface area contributed by atoms with Crippen LogP contribution in [0.25, 0.3) is 0 Å². The molecule has 5 heteroatoms. The second-order valence-corrected chi connectivity index (χ2v) is 7.36. The number of carbonyl (C=O) groups excluding carboxylic acids is 1. The van der Waals surface area contributed by atoms with Gasteiger partial charge in [0.15, 0.2) is 9.84 Å². The number of ether oxygens (including phenoxy) is 1. The van der Waals surface area contributed by atoms with E-state index in [0.717, 1.165) is 22.9 Å². The van der Waals surface area contributed by atoms with Crippen molar-refractivity contribution in [2.24, 2.45) is 0 Å². The zero-order valence-electron chi connectivity index (χ0n) is 13.0. The summed E-state index contributed by atoms with van der Waals surface area (Å²) in [6, 6.07) is 9.71. The van der Waals surface area contributed by atoms with E-state index in [1.54, 1.807) is 0 Å². The molecule has 0 fully saturated rings. The molecule has 116 valence electrons. The molecule has 0 radical (unpaired) electrons. The Morgan fingerprint density at radius 1 is 1.00 bits per heavy atom. The smallest absolute Gasteiger partial charge is 0.343 e. The second-order valence-electron chi connectivity index (χ2n) is 5.34. The molecule has 4 nitrogen and oxygen atoms in total. The molecule has 0 aliphatic carbocycles. The standard InChI is InChI=1S/C17H18O4S/c1-11-8-9-12(2)16(13(11)3)21-17(18)14-6-5-7-15(10-14)22(4,19)20/h5-10H,1-4H3. The first-order valence-corrected chi connectivity index (χ1v) is 8.68. The molecule has 22 heavy (non-hydrogen) atoms. The monoisotopic (exact) mass is 318 g/mol. The molecule has 0 aliphatic rings. The number of carbonyl (C=O) groups is 1. The van der Waals surface area contributed by atoms with Crippen LogP contribution in [0.1, 0.15) is 27.0 Å². The van der Waals surface area contributed by atoms with E-state index in [1.165, 1.54) is 24.3 Å². The van der Waals surface area contributed by atoms with Crippen LogP contribution in [-0.4, -0.2) is 20.6 Å². The molecule has 0 amide bonds. The van der Waals surface area contributed by atoms with Crippen molar-refractivity contribution in [1.29, 1.82) is 0 Å². The SMILES string of the molecule is Cc1ccc(C)c(OC(=O)c2cccc(S(C)(=O)=O)c2)c1C. The van der Waals surface area contributed by atoms with Gasteiger partial charge in [0, 0.05) is 6.26 Å². The van der Waals surface area contributed by atoms with Crippen molar-refractivity contribution in [3.05, 3.63) is 58.7 Å². The number of sulfone groups is 1. The first-order chi connectivity index (χ1) is 10.2. The van der Waals surface area contributed by atoms with E-state index in [1.807, 2.05) is 32.9 Å². The lowest BCUT2D eigenvalue weighted by molar-refractivity contribution is 0.0732. The molecular weight excluding hydrogens is 300 g/mol. The van der Waals surface area contributed by atoms with Gasteiger partial charge >= 0.3 is 5.97 Å². The number of aryl methyl sites for hydroxylation is 2. The number of hydrogen-bond donors (Lipinski definition) is 0. The number of benzene rings is 2. The quantitative estimate of drug-likeness (QED) is 0.644. The molecule has 0 saturated heterocycles. The molecule has 0 atom stereocenters. The summed E-state index contributed by atoms with van der Waals surface area (Å²) in [6.07, 6.45) is 1.10. The normalized spacial score (nSPS) is 11.3. The Morgan fingerprint density at radius 3 is 2.27 bits per heavy atom. The Bertz CT molecular complexity index is 836. The van der Waals surface area contributed by atoms with E-state index in [4.69, 9.17) is 4.74 Å². The zero-order valence-corrected chi connectivity index (χ0v) is 13.8. The fourth-order valence-corrected chi connectivity index (χ4v) is 2.75. The average Bonchev–Trinajstić information content (AvgIpc) is 2.46. The Balaban J connectivity index is 2.37. The summed E-state index contributed by atoms with van der Waals surface area (Å²) in [6.45, 7) is 5.69. The summed E-state index contributed by atoms with van der Waals surface area (Å²) < 4.78 is 28.6. The van der Waals surface area contributed by atoms with Crippen molar-refractivity contribution >= 4 is 15.8 Å². The minimum atomic E-state index is -3.36. The van der Waals surface area contributed by atoms with Crippen LogP contribution in [0.5, 0.6) is 5.75 Å². The first kappa shape index (κ1) is 16.2. The lowest BCUT2D eigenvalue weighted by Crippen LogP contribution is -2.11. The molecule has 0 aliphatic heterocycles. The molecule has 0 saturated carbocycles. The van der Waals surface area contributed by atoms with E-state index >= 15 is 0 Å². The van der Waals surface area contributed by atoms with Gasteiger partial charge in [0.05, 0.1) is 10.5 Å². The zero-order chi connectivity index (χ0) is 16.5. The molecule has 2 rings (SSSR count). The van der Waals surface area contributed by atoms with Gasteiger partial charge in [-0.3, -0.25) is 0 Å². The van der Waals surface area contributed by atoms with Gasteiger partial charge < -0.3 is 4.74 Å². The van der Waals surface area contributed by atoms with Crippen LogP contribution in [0.2, 0.25) is 0 Å². The van der Waals surface area contributed by atoms with Gasteiger partial charge in [-0.05, 0) is 55.7 Å². The van der Waals surface area contributed by atoms with Crippen LogP contribution in [0.3, 0.4) is 0 Å². The predicted molar refractivity (Wildman–Crippen MR) is 85.2 cm³/mol. The fourth-order valence-electron chi connectivity index (χ4n) is 2.09. The number of hydrogen-bond acceptors (Lipinski definition) is 4. The molecular formula is C17H18O4S. The molecule has 0 N–H and O–H groups in total. The van der Waals surface area contributed by atoms with Gasteiger partial charge in [-0.15, -0.1) is 0 Å². The van der Waals surface area contributed by atoms with Crippen LogP contribution in [0.4, 0.5) is 0 Å². The Labute approximate surface area is 130 Å². The summed E-state index contributed by atoms with van der Waals surface area (Å²) in [4.78, 5) is 12.4. The number of rotatable bonds is 3. The summed E-state index contributed by atoms with van der Waals surface area (Å²) in [5.41, 5.74) is 2.99. The lowest BCUT2D eigenvalue weighted by atomic mass is 10.1. The van der Waals surface area contributed by atoms with E-state index in [9.17, 15) is 13.2 Å². The minimum Gasteiger partial charge on any atom is -0.422 e. The van der Waals surface area contributed by atoms with Crippen molar-refractivity contribution in [3.8, 4) is 5.75 Å². The highest BCUT2D eigenvalue weighted by atomic mass is 32.2. The summed E-state index contributed by atoms with van der Waals surface area (Å²) in [5.74, 6) is -0.0444. The van der Waals surface area contributed by atoms with Gasteiger partial charge in [0.25, 0.3) is 0 Å². The van der Waals surface area contributed by atoms with Gasteiger partial charge in [0.2, 0.25) is 0 Å². The summed E-state index contributed by atoms with van der Waals surface area (Å²) >= 11 is 0. The Kier molecular flexibility index (Phi) is 4.37. The van der Waals surface area contributed by atoms with Crippen LogP contribution in [0.15, 0.2) is 41.3 Å². The van der Waals surface area contributed by atoms with Crippen LogP contribution in [0, 0.1) is 20.8 Å². The van der Waals surface area contributed by atoms with Crippen LogP contribution < -0.4 is 4.74 Å². The number of esters is 1. The van der Waals surface area contributed by atoms with Gasteiger partial charge in [-0.1, -0.05) is 18.2 Å². The van der Waals surface area contributed by atoms with E-state index < -0.39 is 15.8 Å². The molecule has 0 bridgehead atoms. The highest BCUT2D eigenvalue weighted by Crippen LogP contribution is 2.26. The van der Waals surface area contributed by atoms with E-state index in [0.29, 0.717) is 5.75 Å². The first-order valence-electron chi connectivity index (χ1n) is 6.79. The largest absolute Gasteiger partial charge is 0.422 e. The minimum absolute atomic E-state index is 0.0969. The van der Waals surface area contributed by atoms with Crippen molar-refractivity contribution in [1.82, 2.24) is 0 Å². The van der Waals surface area contributed by atoms with Gasteiger partial charge in [0.1, 0.15) is 5.75 Å². The van der Waals surface area contributed by atoms with Crippen molar-refractivity contribution < 1.29 is 17.9 Å². The molecule has 0 aromatic heterocycles. The predicted octanol–water partition coefficient (Wildman–Crippen LogP) is 3.23. The van der Waals surface area contributed by atoms with Gasteiger partial charge in [-0.25, -0.2) is 13.2 Å². The summed E-state index contributed by atoms with van der Waals surface area (Å²) in [5, 5.41) is 0. The van der Waals surface area contributed by atoms with E-state index in [2.05, 4.69) is 0 Å². The highest BCUT2D eigenvalue weighted by Gasteiger charge is 2.16. The van der Waals surface area contributed by atoms with Crippen molar-refractivity contribution in [2.75, 3.05) is 6.26 Å². The molecule has 2 aromatic rings. The molecule has 0 spiro atoms. The summed E-state index contributed by atoms with van der Waals surface area (Å²) in [7, 11) is -3.36. The van der Waals surface area contributed by atoms with Crippen LogP contribution in [-0.2, 0) is 9.84 Å². The third-order valence-corrected chi connectivity index (χ3v) is 4.68. The van der Waals surface area contributed by atoms with E-state index in [-0.39, 0.29) is 10.5 Å². The third kappa shape index (κ3) is 3.36. The Hall–Kier alpha value is -2.14. The molecule has 0 heterocycles. The highest BCUT2D eigenvalue weighted by molar-refractivity contribution is 7.90.